The Bertz CT molecular complexity index is 1020. The molecule has 0 saturated heterocycles. The number of imidazole rings is 1. The predicted molar refractivity (Wildman–Crippen MR) is 104 cm³/mol. The standard InChI is InChI=1S/C21H25F2N3O4/c1-12(2)15-8-21(15,18(28)29)24-20(9-17(20)27)11-26-6-5-25(19(26)30)10-13-7-14(22)3-4-16(13)23/h3,5-7,12,15-16,24H,4,8-11H2,1-2H3,(H,28,29)/t15?,16?,20?,21-/m1/s1. The monoisotopic (exact) mass is 421 g/mol. The number of nitrogens with zero attached hydrogens (tertiary/aromatic N) is 2. The van der Waals surface area contributed by atoms with E-state index in [4.69, 9.17) is 0 Å². The molecule has 1 heterocycles. The number of hydrogen-bond acceptors (Lipinski definition) is 4. The van der Waals surface area contributed by atoms with E-state index in [1.807, 2.05) is 13.8 Å². The van der Waals surface area contributed by atoms with Gasteiger partial charge in [0.1, 0.15) is 23.1 Å². The van der Waals surface area contributed by atoms with E-state index >= 15 is 0 Å². The average Bonchev–Trinajstić information content (AvgIpc) is 3.52. The second kappa shape index (κ2) is 7.01. The number of carboxylic acids is 1. The van der Waals surface area contributed by atoms with Crippen molar-refractivity contribution in [1.82, 2.24) is 14.5 Å². The molecule has 4 atom stereocenters. The Morgan fingerprint density at radius 3 is 2.57 bits per heavy atom. The molecule has 0 amide bonds. The number of carboxylic acid groups (broad SMARTS) is 1. The molecule has 1 aromatic rings. The zero-order valence-electron chi connectivity index (χ0n) is 16.9. The first kappa shape index (κ1) is 20.7. The summed E-state index contributed by atoms with van der Waals surface area (Å²) in [6.07, 6.45) is 4.39. The van der Waals surface area contributed by atoms with E-state index in [0.29, 0.717) is 6.42 Å². The minimum absolute atomic E-state index is 0.00385. The van der Waals surface area contributed by atoms with E-state index < -0.39 is 34.7 Å². The fraction of sp³-hybridized carbons (Fsp3) is 0.571. The van der Waals surface area contributed by atoms with Gasteiger partial charge in [0.2, 0.25) is 0 Å². The number of nitrogens with one attached hydrogen (secondary N) is 1. The molecule has 7 nitrogen and oxygen atoms in total. The smallest absolute Gasteiger partial charge is 0.328 e. The number of allylic oxidation sites excluding steroid dienone is 4. The summed E-state index contributed by atoms with van der Waals surface area (Å²) >= 11 is 0. The molecule has 2 fully saturated rings. The Morgan fingerprint density at radius 2 is 2.00 bits per heavy atom. The molecule has 0 aliphatic heterocycles. The summed E-state index contributed by atoms with van der Waals surface area (Å²) in [6, 6.07) is 0. The van der Waals surface area contributed by atoms with Gasteiger partial charge in [-0.25, -0.2) is 13.6 Å². The molecule has 1 aromatic heterocycles. The van der Waals surface area contributed by atoms with Gasteiger partial charge < -0.3 is 5.11 Å². The van der Waals surface area contributed by atoms with Gasteiger partial charge in [0.05, 0.1) is 13.1 Å². The second-order valence-corrected chi connectivity index (χ2v) is 8.99. The molecule has 162 valence electrons. The Hall–Kier alpha value is -2.55. The highest BCUT2D eigenvalue weighted by atomic mass is 19.1. The number of halogens is 2. The number of carbonyl (C=O) groups excluding carboxylic acids is 1. The summed E-state index contributed by atoms with van der Waals surface area (Å²) in [5, 5.41) is 12.8. The number of ketones is 1. The van der Waals surface area contributed by atoms with Gasteiger partial charge in [-0.3, -0.25) is 24.0 Å². The lowest BCUT2D eigenvalue weighted by Crippen LogP contribution is -2.52. The van der Waals surface area contributed by atoms with Crippen molar-refractivity contribution in [2.24, 2.45) is 11.8 Å². The van der Waals surface area contributed by atoms with Crippen LogP contribution in [0.2, 0.25) is 0 Å². The third kappa shape index (κ3) is 3.45. The largest absolute Gasteiger partial charge is 0.480 e. The van der Waals surface area contributed by atoms with Crippen molar-refractivity contribution in [3.05, 3.63) is 46.4 Å². The molecule has 0 radical (unpaired) electrons. The molecule has 2 N–H and O–H groups in total. The summed E-state index contributed by atoms with van der Waals surface area (Å²) in [7, 11) is 0. The van der Waals surface area contributed by atoms with Crippen LogP contribution in [0.4, 0.5) is 8.78 Å². The maximum Gasteiger partial charge on any atom is 0.328 e. The number of aromatic nitrogens is 2. The number of aliphatic carboxylic acids is 1. The van der Waals surface area contributed by atoms with Gasteiger partial charge in [-0.15, -0.1) is 0 Å². The third-order valence-electron chi connectivity index (χ3n) is 6.49. The van der Waals surface area contributed by atoms with Crippen LogP contribution >= 0.6 is 0 Å². The molecule has 0 spiro atoms. The van der Waals surface area contributed by atoms with Crippen molar-refractivity contribution in [2.75, 3.05) is 0 Å². The van der Waals surface area contributed by atoms with Crippen LogP contribution < -0.4 is 11.0 Å². The molecule has 0 aromatic carbocycles. The van der Waals surface area contributed by atoms with Crippen molar-refractivity contribution in [2.45, 2.75) is 63.4 Å². The van der Waals surface area contributed by atoms with Gasteiger partial charge >= 0.3 is 11.7 Å². The molecule has 2 saturated carbocycles. The SMILES string of the molecule is CC(C)C1C[C@]1(NC1(Cn2ccn(CC3=CC(F)=CCC3F)c2=O)CC1=O)C(=O)O. The molecule has 9 heteroatoms. The topological polar surface area (TPSA) is 93.3 Å². The zero-order chi connectivity index (χ0) is 21.8. The molecular formula is C21H25F2N3O4. The van der Waals surface area contributed by atoms with Crippen LogP contribution in [0.1, 0.15) is 33.1 Å². The van der Waals surface area contributed by atoms with Crippen molar-refractivity contribution >= 4 is 11.8 Å². The lowest BCUT2D eigenvalue weighted by atomic mass is 10.0. The summed E-state index contributed by atoms with van der Waals surface area (Å²) in [5.74, 6) is -1.58. The van der Waals surface area contributed by atoms with Crippen LogP contribution in [0.3, 0.4) is 0 Å². The number of Topliss-reactive ketones (excluding diaryl/α,β-unsaturated/α-hetero) is 1. The maximum atomic E-state index is 14.0. The molecule has 3 unspecified atom stereocenters. The van der Waals surface area contributed by atoms with Crippen LogP contribution in [0.5, 0.6) is 0 Å². The van der Waals surface area contributed by atoms with E-state index in [1.54, 1.807) is 0 Å². The first-order valence-electron chi connectivity index (χ1n) is 10.1. The molecule has 3 aliphatic rings. The summed E-state index contributed by atoms with van der Waals surface area (Å²) in [4.78, 5) is 36.9. The highest BCUT2D eigenvalue weighted by Gasteiger charge is 2.68. The van der Waals surface area contributed by atoms with Crippen molar-refractivity contribution in [3.8, 4) is 0 Å². The molecule has 30 heavy (non-hydrogen) atoms. The normalized spacial score (nSPS) is 32.8. The molecule has 3 aliphatic carbocycles. The number of rotatable bonds is 8. The van der Waals surface area contributed by atoms with Crippen molar-refractivity contribution in [1.29, 1.82) is 0 Å². The Kier molecular flexibility index (Phi) is 4.84. The zero-order valence-corrected chi connectivity index (χ0v) is 16.9. The predicted octanol–water partition coefficient (Wildman–Crippen LogP) is 1.97. The highest BCUT2D eigenvalue weighted by molar-refractivity contribution is 6.06. The van der Waals surface area contributed by atoms with Crippen LogP contribution in [-0.4, -0.2) is 43.2 Å². The number of carbonyl (C=O) groups is 2. The van der Waals surface area contributed by atoms with E-state index in [2.05, 4.69) is 5.32 Å². The fourth-order valence-corrected chi connectivity index (χ4v) is 4.51. The van der Waals surface area contributed by atoms with Gasteiger partial charge in [-0.05, 0) is 36.0 Å². The Balaban J connectivity index is 1.52. The fourth-order valence-electron chi connectivity index (χ4n) is 4.51. The highest BCUT2D eigenvalue weighted by Crippen LogP contribution is 2.52. The quantitative estimate of drug-likeness (QED) is 0.670. The van der Waals surface area contributed by atoms with Crippen molar-refractivity contribution < 1.29 is 23.5 Å². The van der Waals surface area contributed by atoms with E-state index in [-0.39, 0.29) is 49.1 Å². The Morgan fingerprint density at radius 1 is 1.33 bits per heavy atom. The van der Waals surface area contributed by atoms with E-state index in [0.717, 1.165) is 12.2 Å². The lowest BCUT2D eigenvalue weighted by Gasteiger charge is -2.23. The van der Waals surface area contributed by atoms with Gasteiger partial charge in [-0.1, -0.05) is 13.8 Å². The second-order valence-electron chi connectivity index (χ2n) is 8.99. The van der Waals surface area contributed by atoms with Crippen LogP contribution in [0.15, 0.2) is 40.7 Å². The summed E-state index contributed by atoms with van der Waals surface area (Å²) in [6.45, 7) is 3.80. The maximum absolute atomic E-state index is 14.0. The van der Waals surface area contributed by atoms with E-state index in [1.165, 1.54) is 21.5 Å². The average molecular weight is 421 g/mol. The first-order valence-corrected chi connectivity index (χ1v) is 10.1. The van der Waals surface area contributed by atoms with Crippen LogP contribution in [-0.2, 0) is 22.7 Å². The molecule has 0 bridgehead atoms. The number of alkyl halides is 1. The van der Waals surface area contributed by atoms with Crippen molar-refractivity contribution in [3.63, 3.8) is 0 Å². The first-order chi connectivity index (χ1) is 14.1. The Labute approximate surface area is 172 Å². The van der Waals surface area contributed by atoms with Gasteiger partial charge in [0.25, 0.3) is 0 Å². The minimum atomic E-state index is -1.35. The van der Waals surface area contributed by atoms with Crippen LogP contribution in [0.25, 0.3) is 0 Å². The van der Waals surface area contributed by atoms with Gasteiger partial charge in [0.15, 0.2) is 5.78 Å². The number of hydrogen-bond donors (Lipinski definition) is 2. The lowest BCUT2D eigenvalue weighted by molar-refractivity contribution is -0.142. The van der Waals surface area contributed by atoms with E-state index in [9.17, 15) is 28.3 Å². The summed E-state index contributed by atoms with van der Waals surface area (Å²) in [5.41, 5.74) is -2.52. The van der Waals surface area contributed by atoms with Gasteiger partial charge in [-0.2, -0.15) is 0 Å². The summed E-state index contributed by atoms with van der Waals surface area (Å²) < 4.78 is 30.1. The molecular weight excluding hydrogens is 396 g/mol. The third-order valence-corrected chi connectivity index (χ3v) is 6.49. The van der Waals surface area contributed by atoms with Gasteiger partial charge in [0, 0.05) is 25.2 Å². The minimum Gasteiger partial charge on any atom is -0.480 e. The van der Waals surface area contributed by atoms with Crippen LogP contribution in [0, 0.1) is 11.8 Å². The molecule has 4 rings (SSSR count).